The molecule has 2 aliphatic heterocycles. The number of aromatic nitrogens is 1. The Labute approximate surface area is 209 Å². The number of halogens is 6. The predicted octanol–water partition coefficient (Wildman–Crippen LogP) is 4.18. The van der Waals surface area contributed by atoms with Crippen LogP contribution >= 0.6 is 11.6 Å². The van der Waals surface area contributed by atoms with Gasteiger partial charge in [0.2, 0.25) is 0 Å². The number of carbonyl (C=O) groups is 2. The van der Waals surface area contributed by atoms with Gasteiger partial charge in [0.1, 0.15) is 22.7 Å². The molecule has 2 saturated heterocycles. The maximum absolute atomic E-state index is 14.6. The van der Waals surface area contributed by atoms with Gasteiger partial charge in [-0.05, 0) is 38.2 Å². The summed E-state index contributed by atoms with van der Waals surface area (Å²) in [7, 11) is 3.12. The van der Waals surface area contributed by atoms with Crippen molar-refractivity contribution in [2.75, 3.05) is 50.1 Å². The molecule has 36 heavy (non-hydrogen) atoms. The summed E-state index contributed by atoms with van der Waals surface area (Å²) in [5.41, 5.74) is -1.36. The molecule has 4 rings (SSSR count). The van der Waals surface area contributed by atoms with Crippen molar-refractivity contribution in [1.29, 1.82) is 0 Å². The van der Waals surface area contributed by atoms with Gasteiger partial charge in [0.05, 0.1) is 17.8 Å². The van der Waals surface area contributed by atoms with Gasteiger partial charge < -0.3 is 14.7 Å². The average Bonchev–Trinajstić information content (AvgIpc) is 3.10. The third-order valence-corrected chi connectivity index (χ3v) is 6.65. The van der Waals surface area contributed by atoms with Gasteiger partial charge in [0, 0.05) is 38.3 Å². The van der Waals surface area contributed by atoms with Crippen molar-refractivity contribution in [2.24, 2.45) is 5.92 Å². The van der Waals surface area contributed by atoms with Crippen LogP contribution in [0.15, 0.2) is 24.3 Å². The van der Waals surface area contributed by atoms with Gasteiger partial charge in [0.25, 0.3) is 5.91 Å². The molecule has 7 nitrogen and oxygen atoms in total. The quantitative estimate of drug-likeness (QED) is 0.429. The van der Waals surface area contributed by atoms with Gasteiger partial charge in [-0.25, -0.2) is 18.6 Å². The molecule has 0 saturated carbocycles. The summed E-state index contributed by atoms with van der Waals surface area (Å²) in [6.07, 6.45) is -4.70. The number of nitrogens with zero attached hydrogens (tertiary/aromatic N) is 5. The normalized spacial score (nSPS) is 19.1. The van der Waals surface area contributed by atoms with Gasteiger partial charge in [-0.1, -0.05) is 11.6 Å². The van der Waals surface area contributed by atoms with E-state index in [0.29, 0.717) is 12.6 Å². The Morgan fingerprint density at radius 2 is 1.86 bits per heavy atom. The van der Waals surface area contributed by atoms with E-state index in [4.69, 9.17) is 11.6 Å². The molecular formula is C23H23ClF5N5O2. The molecule has 1 aromatic heterocycles. The molecule has 13 heteroatoms. The number of aryl methyl sites for hydroxylation is 1. The van der Waals surface area contributed by atoms with Gasteiger partial charge in [-0.3, -0.25) is 9.69 Å². The summed E-state index contributed by atoms with van der Waals surface area (Å²) in [5, 5.41) is -0.808. The number of urea groups is 1. The number of hydrogen-bond donors (Lipinski definition) is 0. The van der Waals surface area contributed by atoms with Gasteiger partial charge >= 0.3 is 12.2 Å². The van der Waals surface area contributed by atoms with Crippen LogP contribution in [0.5, 0.6) is 0 Å². The largest absolute Gasteiger partial charge is 0.416 e. The van der Waals surface area contributed by atoms with Crippen LogP contribution in [0, 0.1) is 24.5 Å². The van der Waals surface area contributed by atoms with Crippen LogP contribution < -0.4 is 9.80 Å². The fraction of sp³-hybridized carbons (Fsp3) is 0.435. The predicted molar refractivity (Wildman–Crippen MR) is 123 cm³/mol. The van der Waals surface area contributed by atoms with Crippen LogP contribution in [0.25, 0.3) is 0 Å². The molecule has 194 valence electrons. The summed E-state index contributed by atoms with van der Waals surface area (Å²) in [6.45, 7) is 2.95. The number of alkyl halides is 3. The van der Waals surface area contributed by atoms with E-state index in [1.165, 1.54) is 18.9 Å². The van der Waals surface area contributed by atoms with E-state index in [1.807, 2.05) is 11.9 Å². The Kier molecular flexibility index (Phi) is 6.86. The minimum Gasteiger partial charge on any atom is -0.321 e. The Morgan fingerprint density at radius 1 is 1.19 bits per heavy atom. The van der Waals surface area contributed by atoms with Crippen LogP contribution in [0.4, 0.5) is 38.3 Å². The van der Waals surface area contributed by atoms with Crippen LogP contribution in [-0.4, -0.2) is 73.0 Å². The monoisotopic (exact) mass is 531 g/mol. The molecule has 2 aliphatic rings. The molecular weight excluding hydrogens is 509 g/mol. The summed E-state index contributed by atoms with van der Waals surface area (Å²) < 4.78 is 68.7. The van der Waals surface area contributed by atoms with Crippen LogP contribution in [0.3, 0.4) is 0 Å². The second kappa shape index (κ2) is 9.47. The zero-order chi connectivity index (χ0) is 26.5. The fourth-order valence-corrected chi connectivity index (χ4v) is 4.72. The lowest BCUT2D eigenvalue weighted by molar-refractivity contribution is -0.137. The lowest BCUT2D eigenvalue weighted by atomic mass is 10.0. The minimum absolute atomic E-state index is 0.00241. The summed E-state index contributed by atoms with van der Waals surface area (Å²) in [6, 6.07) is 1.47. The van der Waals surface area contributed by atoms with Gasteiger partial charge in [-0.15, -0.1) is 0 Å². The van der Waals surface area contributed by atoms with Gasteiger partial charge in [-0.2, -0.15) is 13.2 Å². The van der Waals surface area contributed by atoms with E-state index < -0.39 is 46.4 Å². The number of amides is 3. The molecule has 1 atom stereocenters. The van der Waals surface area contributed by atoms with Crippen LogP contribution in [-0.2, 0) is 11.0 Å². The van der Waals surface area contributed by atoms with Gasteiger partial charge in [0.15, 0.2) is 5.82 Å². The van der Waals surface area contributed by atoms with Crippen molar-refractivity contribution in [3.05, 3.63) is 52.2 Å². The molecule has 2 fully saturated rings. The Hall–Kier alpha value is -2.99. The Bertz CT molecular complexity index is 1200. The molecule has 1 unspecified atom stereocenters. The number of likely N-dealkylation sites (N-methyl/N-ethyl adjacent to an activating group) is 1. The third kappa shape index (κ3) is 4.83. The second-order valence-corrected chi connectivity index (χ2v) is 9.48. The smallest absolute Gasteiger partial charge is 0.321 e. The zero-order valence-corrected chi connectivity index (χ0v) is 20.4. The van der Waals surface area contributed by atoms with Crippen LogP contribution in [0.1, 0.15) is 11.3 Å². The number of carbonyl (C=O) groups excluding carboxylic acids is 2. The number of rotatable bonds is 5. The highest BCUT2D eigenvalue weighted by Crippen LogP contribution is 2.35. The highest BCUT2D eigenvalue weighted by Gasteiger charge is 2.46. The molecule has 0 radical (unpaired) electrons. The van der Waals surface area contributed by atoms with Crippen LogP contribution in [0.2, 0.25) is 5.02 Å². The summed E-state index contributed by atoms with van der Waals surface area (Å²) in [5.74, 6) is -3.20. The molecule has 0 spiro atoms. The first kappa shape index (κ1) is 26.1. The molecule has 0 N–H and O–H groups in total. The first-order valence-electron chi connectivity index (χ1n) is 11.0. The highest BCUT2D eigenvalue weighted by molar-refractivity contribution is 6.31. The molecule has 0 bridgehead atoms. The topological polar surface area (TPSA) is 60.0 Å². The standard InChI is InChI=1S/C23H23ClF5N5O2/c1-12-6-14(23(27,28)29)7-18(30-12)34-17(11-33(22(34)36)10-13-8-31(2)9-13)21(35)32(3)16-5-4-15(25)19(24)20(16)26/h4-7,13,17H,8-11H2,1-3H3. The van der Waals surface area contributed by atoms with E-state index >= 15 is 0 Å². The number of anilines is 2. The maximum Gasteiger partial charge on any atom is 0.416 e. The van der Waals surface area contributed by atoms with Crippen molar-refractivity contribution in [3.8, 4) is 0 Å². The second-order valence-electron chi connectivity index (χ2n) is 9.11. The number of pyridine rings is 1. The first-order chi connectivity index (χ1) is 16.8. The van der Waals surface area contributed by atoms with Crippen molar-refractivity contribution >= 4 is 35.0 Å². The lowest BCUT2D eigenvalue weighted by Gasteiger charge is -2.38. The summed E-state index contributed by atoms with van der Waals surface area (Å²) >= 11 is 5.65. The van der Waals surface area contributed by atoms with E-state index in [2.05, 4.69) is 4.98 Å². The minimum atomic E-state index is -4.70. The molecule has 1 aromatic carbocycles. The van der Waals surface area contributed by atoms with E-state index in [0.717, 1.165) is 41.1 Å². The van der Waals surface area contributed by atoms with Crippen molar-refractivity contribution < 1.29 is 31.5 Å². The first-order valence-corrected chi connectivity index (χ1v) is 11.4. The SMILES string of the molecule is Cc1cc(C(F)(F)F)cc(N2C(=O)N(CC3CN(C)C3)CC2C(=O)N(C)c2ccc(F)c(Cl)c2F)n1. The van der Waals surface area contributed by atoms with E-state index in [9.17, 15) is 31.5 Å². The Balaban J connectivity index is 1.72. The highest BCUT2D eigenvalue weighted by atomic mass is 35.5. The fourth-order valence-electron chi connectivity index (χ4n) is 4.56. The summed E-state index contributed by atoms with van der Waals surface area (Å²) in [4.78, 5) is 36.2. The molecule has 3 heterocycles. The van der Waals surface area contributed by atoms with E-state index in [-0.39, 0.29) is 29.7 Å². The lowest BCUT2D eigenvalue weighted by Crippen LogP contribution is -2.50. The third-order valence-electron chi connectivity index (χ3n) is 6.31. The molecule has 0 aliphatic carbocycles. The number of likely N-dealkylation sites (tertiary alicyclic amines) is 1. The molecule has 2 aromatic rings. The number of benzene rings is 1. The van der Waals surface area contributed by atoms with Crippen molar-refractivity contribution in [2.45, 2.75) is 19.1 Å². The Morgan fingerprint density at radius 3 is 2.47 bits per heavy atom. The maximum atomic E-state index is 14.6. The zero-order valence-electron chi connectivity index (χ0n) is 19.6. The van der Waals surface area contributed by atoms with E-state index in [1.54, 1.807) is 0 Å². The molecule has 3 amide bonds. The average molecular weight is 532 g/mol. The van der Waals surface area contributed by atoms with Crippen molar-refractivity contribution in [3.63, 3.8) is 0 Å². The number of hydrogen-bond acceptors (Lipinski definition) is 4. The van der Waals surface area contributed by atoms with Crippen molar-refractivity contribution in [1.82, 2.24) is 14.8 Å².